The van der Waals surface area contributed by atoms with Crippen molar-refractivity contribution in [2.24, 2.45) is 16.5 Å². The smallest absolute Gasteiger partial charge is 0.280 e. The van der Waals surface area contributed by atoms with E-state index in [-0.39, 0.29) is 5.96 Å². The average molecular weight is 320 g/mol. The Balaban J connectivity index is 2.12. The lowest BCUT2D eigenvalue weighted by molar-refractivity contribution is 0.100. The van der Waals surface area contributed by atoms with Gasteiger partial charge in [-0.1, -0.05) is 17.7 Å². The van der Waals surface area contributed by atoms with Crippen LogP contribution in [0.5, 0.6) is 0 Å². The number of carbonyl (C=O) groups is 1. The second-order valence-electron chi connectivity index (χ2n) is 6.06. The molecular weight excluding hydrogens is 300 g/mol. The summed E-state index contributed by atoms with van der Waals surface area (Å²) in [6.07, 6.45) is 3.84. The minimum absolute atomic E-state index is 0.229. The minimum Gasteiger partial charge on any atom is -0.370 e. The van der Waals surface area contributed by atoms with Crippen molar-refractivity contribution in [1.29, 1.82) is 0 Å². The maximum atomic E-state index is 12.1. The van der Waals surface area contributed by atoms with Crippen LogP contribution in [0.1, 0.15) is 46.1 Å². The Hall–Kier alpha value is -2.95. The molecule has 0 bridgehead atoms. The number of benzene rings is 1. The first kappa shape index (κ1) is 15.9. The number of hydrogen-bond acceptors (Lipinski definition) is 2. The highest BCUT2D eigenvalue weighted by molar-refractivity contribution is 6.02. The molecule has 1 aliphatic carbocycles. The fraction of sp³-hybridized carbons (Fsp3) is 0.211. The van der Waals surface area contributed by atoms with E-state index < -0.39 is 5.91 Å². The van der Waals surface area contributed by atoms with Crippen molar-refractivity contribution in [2.45, 2.75) is 26.7 Å². The molecule has 1 amide bonds. The maximum Gasteiger partial charge on any atom is 0.280 e. The van der Waals surface area contributed by atoms with Crippen LogP contribution in [0.3, 0.4) is 0 Å². The zero-order chi connectivity index (χ0) is 17.3. The highest BCUT2D eigenvalue weighted by Crippen LogP contribution is 2.36. The van der Waals surface area contributed by atoms with Gasteiger partial charge in [-0.2, -0.15) is 4.99 Å². The molecule has 24 heavy (non-hydrogen) atoms. The van der Waals surface area contributed by atoms with Gasteiger partial charge in [0.2, 0.25) is 0 Å². The summed E-state index contributed by atoms with van der Waals surface area (Å²) in [4.78, 5) is 20.2. The van der Waals surface area contributed by atoms with Crippen LogP contribution in [0.25, 0.3) is 5.57 Å². The Morgan fingerprint density at radius 1 is 1.12 bits per heavy atom. The van der Waals surface area contributed by atoms with Crippen molar-refractivity contribution in [3.63, 3.8) is 0 Å². The molecule has 2 aromatic rings. The largest absolute Gasteiger partial charge is 0.370 e. The van der Waals surface area contributed by atoms with E-state index in [0.717, 1.165) is 35.2 Å². The molecule has 1 aliphatic rings. The number of hydrogen-bond donors (Lipinski definition) is 2. The van der Waals surface area contributed by atoms with E-state index in [1.54, 1.807) is 6.07 Å². The minimum atomic E-state index is -0.428. The lowest BCUT2D eigenvalue weighted by Crippen LogP contribution is -2.24. The monoisotopic (exact) mass is 320 g/mol. The zero-order valence-electron chi connectivity index (χ0n) is 13.8. The van der Waals surface area contributed by atoms with Crippen molar-refractivity contribution in [3.05, 3.63) is 70.0 Å². The van der Waals surface area contributed by atoms with Crippen LogP contribution < -0.4 is 11.5 Å². The third-order valence-electron chi connectivity index (χ3n) is 4.25. The molecule has 1 aromatic heterocycles. The number of aromatic nitrogens is 1. The van der Waals surface area contributed by atoms with Gasteiger partial charge in [0, 0.05) is 23.0 Å². The van der Waals surface area contributed by atoms with Gasteiger partial charge in [-0.3, -0.25) is 9.78 Å². The number of carbonyl (C=O) groups excluding carboxylic acids is 1. The molecule has 0 saturated heterocycles. The van der Waals surface area contributed by atoms with Crippen molar-refractivity contribution in [1.82, 2.24) is 4.98 Å². The summed E-state index contributed by atoms with van der Waals surface area (Å²) in [6.45, 7) is 4.09. The van der Waals surface area contributed by atoms with Crippen molar-refractivity contribution in [2.75, 3.05) is 0 Å². The fourth-order valence-electron chi connectivity index (χ4n) is 3.04. The molecule has 0 atom stereocenters. The second-order valence-corrected chi connectivity index (χ2v) is 6.06. The molecule has 0 fully saturated rings. The van der Waals surface area contributed by atoms with Crippen molar-refractivity contribution < 1.29 is 4.79 Å². The predicted octanol–water partition coefficient (Wildman–Crippen LogP) is 2.57. The normalized spacial score (nSPS) is 13.4. The topological polar surface area (TPSA) is 94.4 Å². The van der Waals surface area contributed by atoms with Gasteiger partial charge in [0.15, 0.2) is 5.96 Å². The van der Waals surface area contributed by atoms with Gasteiger partial charge in [0.1, 0.15) is 0 Å². The molecule has 0 unspecified atom stereocenters. The number of nitrogens with zero attached hydrogens (tertiary/aromatic N) is 2. The maximum absolute atomic E-state index is 12.1. The first-order chi connectivity index (χ1) is 11.5. The molecule has 0 aliphatic heterocycles. The molecule has 5 nitrogen and oxygen atoms in total. The molecule has 1 heterocycles. The molecule has 3 rings (SSSR count). The Kier molecular flexibility index (Phi) is 4.16. The summed E-state index contributed by atoms with van der Waals surface area (Å²) in [5.41, 5.74) is 17.9. The number of aryl methyl sites for hydroxylation is 2. The number of allylic oxidation sites excluding steroid dienone is 1. The molecule has 5 heteroatoms. The Labute approximate surface area is 141 Å². The quantitative estimate of drug-likeness (QED) is 0.657. The van der Waals surface area contributed by atoms with Crippen LogP contribution in [0.4, 0.5) is 0 Å². The Bertz CT molecular complexity index is 859. The van der Waals surface area contributed by atoms with Crippen molar-refractivity contribution in [3.8, 4) is 0 Å². The van der Waals surface area contributed by atoms with Gasteiger partial charge in [-0.15, -0.1) is 0 Å². The molecule has 122 valence electrons. The third-order valence-corrected chi connectivity index (χ3v) is 4.25. The number of rotatable bonds is 2. The predicted molar refractivity (Wildman–Crippen MR) is 95.6 cm³/mol. The Morgan fingerprint density at radius 2 is 1.92 bits per heavy atom. The molecule has 1 aromatic carbocycles. The zero-order valence-corrected chi connectivity index (χ0v) is 13.8. The van der Waals surface area contributed by atoms with E-state index in [9.17, 15) is 4.79 Å². The number of pyridine rings is 1. The fourth-order valence-corrected chi connectivity index (χ4v) is 3.04. The molecule has 0 radical (unpaired) electrons. The van der Waals surface area contributed by atoms with Crippen LogP contribution in [0, 0.1) is 6.92 Å². The van der Waals surface area contributed by atoms with Crippen molar-refractivity contribution >= 4 is 17.4 Å². The van der Waals surface area contributed by atoms with Gasteiger partial charge in [0.05, 0.1) is 0 Å². The van der Waals surface area contributed by atoms with Gasteiger partial charge in [0.25, 0.3) is 5.91 Å². The highest BCUT2D eigenvalue weighted by atomic mass is 16.1. The van der Waals surface area contributed by atoms with E-state index in [1.165, 1.54) is 11.1 Å². The third kappa shape index (κ3) is 3.06. The van der Waals surface area contributed by atoms with Crippen LogP contribution >= 0.6 is 0 Å². The standard InChI is InChI=1S/C19H20N4O/c1-11-3-5-13-7-8-14(18(24)23-19(20)21)9-16(13)17(11)15-6-4-12(2)22-10-15/h4,6-10H,3,5H2,1-2H3,(H4,20,21,23,24). The van der Waals surface area contributed by atoms with Gasteiger partial charge >= 0.3 is 0 Å². The molecule has 4 N–H and O–H groups in total. The summed E-state index contributed by atoms with van der Waals surface area (Å²) in [5.74, 6) is -0.658. The van der Waals surface area contributed by atoms with E-state index in [0.29, 0.717) is 5.56 Å². The summed E-state index contributed by atoms with van der Waals surface area (Å²) in [5, 5.41) is 0. The number of fused-ring (bicyclic) bond motifs is 1. The number of nitrogens with two attached hydrogens (primary N) is 2. The van der Waals surface area contributed by atoms with Crippen LogP contribution in [-0.2, 0) is 6.42 Å². The second kappa shape index (κ2) is 6.28. The lowest BCUT2D eigenvalue weighted by atomic mass is 9.82. The van der Waals surface area contributed by atoms with Gasteiger partial charge in [-0.25, -0.2) is 0 Å². The van der Waals surface area contributed by atoms with Gasteiger partial charge < -0.3 is 11.5 Å². The number of guanidine groups is 1. The summed E-state index contributed by atoms with van der Waals surface area (Å²) >= 11 is 0. The SMILES string of the molecule is CC1=C(c2ccc(C)nc2)c2cc(C(=O)N=C(N)N)ccc2CC1. The van der Waals surface area contributed by atoms with E-state index in [4.69, 9.17) is 11.5 Å². The number of amides is 1. The Morgan fingerprint density at radius 3 is 2.58 bits per heavy atom. The summed E-state index contributed by atoms with van der Waals surface area (Å²) in [7, 11) is 0. The van der Waals surface area contributed by atoms with Crippen LogP contribution in [-0.4, -0.2) is 16.9 Å². The lowest BCUT2D eigenvalue weighted by Gasteiger charge is -2.22. The molecular formula is C19H20N4O. The average Bonchev–Trinajstić information content (AvgIpc) is 2.55. The van der Waals surface area contributed by atoms with Gasteiger partial charge in [-0.05, 0) is 61.6 Å². The van der Waals surface area contributed by atoms with E-state index >= 15 is 0 Å². The van der Waals surface area contributed by atoms with E-state index in [1.807, 2.05) is 31.3 Å². The summed E-state index contributed by atoms with van der Waals surface area (Å²) < 4.78 is 0. The first-order valence-corrected chi connectivity index (χ1v) is 7.85. The van der Waals surface area contributed by atoms with Crippen LogP contribution in [0.15, 0.2) is 47.1 Å². The molecule has 0 saturated carbocycles. The van der Waals surface area contributed by atoms with E-state index in [2.05, 4.69) is 23.0 Å². The number of aliphatic imine (C=N–C) groups is 1. The first-order valence-electron chi connectivity index (χ1n) is 7.85. The highest BCUT2D eigenvalue weighted by Gasteiger charge is 2.20. The molecule has 0 spiro atoms. The summed E-state index contributed by atoms with van der Waals surface area (Å²) in [6, 6.07) is 9.71. The van der Waals surface area contributed by atoms with Crippen LogP contribution in [0.2, 0.25) is 0 Å².